The SMILES string of the molecule is C=C[C@@H](C)[C@@]1(C(C)=O)O[B-](F)(F)O/C1=[N+](\C)OC.C=C[C@H](C)[C@]1(C(C)=O)O[B-](F)(F)O/C1=[N+](\C)OC. The van der Waals surface area contributed by atoms with Gasteiger partial charge in [0.2, 0.25) is 11.2 Å². The van der Waals surface area contributed by atoms with Crippen LogP contribution in [0.25, 0.3) is 0 Å². The molecule has 0 radical (unpaired) electrons. The second-order valence-electron chi connectivity index (χ2n) is 8.14. The lowest BCUT2D eigenvalue weighted by Gasteiger charge is -2.29. The molecule has 2 aliphatic heterocycles. The zero-order chi connectivity index (χ0) is 28.3. The van der Waals surface area contributed by atoms with Crippen LogP contribution in [0.5, 0.6) is 0 Å². The summed E-state index contributed by atoms with van der Waals surface area (Å²) in [7, 11) is -3.88. The maximum atomic E-state index is 13.4. The summed E-state index contributed by atoms with van der Waals surface area (Å²) in [5.41, 5.74) is -3.81. The van der Waals surface area contributed by atoms with Gasteiger partial charge in [-0.2, -0.15) is 0 Å². The monoisotopic (exact) mass is 526 g/mol. The predicted molar refractivity (Wildman–Crippen MR) is 122 cm³/mol. The van der Waals surface area contributed by atoms with Crippen LogP contribution in [0.4, 0.5) is 17.3 Å². The zero-order valence-electron chi connectivity index (χ0n) is 21.6. The van der Waals surface area contributed by atoms with Gasteiger partial charge in [-0.1, -0.05) is 26.0 Å². The topological polar surface area (TPSA) is 95.5 Å². The van der Waals surface area contributed by atoms with Crippen molar-refractivity contribution < 1.29 is 64.6 Å². The highest BCUT2D eigenvalue weighted by molar-refractivity contribution is 6.58. The first kappa shape index (κ1) is 31.2. The molecule has 204 valence electrons. The number of Topliss-reactive ketones (excluding diaryl/α,β-unsaturated/α-hetero) is 2. The van der Waals surface area contributed by atoms with Crippen LogP contribution in [-0.4, -0.2) is 86.6 Å². The van der Waals surface area contributed by atoms with Crippen molar-refractivity contribution in [3.63, 3.8) is 0 Å². The van der Waals surface area contributed by atoms with Crippen molar-refractivity contribution in [2.75, 3.05) is 28.3 Å². The molecule has 2 aliphatic rings. The Balaban J connectivity index is 0.000000360. The van der Waals surface area contributed by atoms with E-state index in [0.29, 0.717) is 0 Å². The molecule has 0 aromatic heterocycles. The smallest absolute Gasteiger partial charge is 0.588 e. The van der Waals surface area contributed by atoms with Crippen molar-refractivity contribution in [1.82, 2.24) is 0 Å². The molecule has 2 saturated heterocycles. The number of nitrogens with zero attached hydrogens (tertiary/aromatic N) is 2. The Bertz CT molecular complexity index is 901. The largest absolute Gasteiger partial charge is 0.668 e. The highest BCUT2D eigenvalue weighted by Gasteiger charge is 2.65. The minimum absolute atomic E-state index is 0.366. The number of hydroxylamine groups is 2. The van der Waals surface area contributed by atoms with Gasteiger partial charge in [0.25, 0.3) is 0 Å². The Kier molecular flexibility index (Phi) is 9.55. The Labute approximate surface area is 207 Å². The third kappa shape index (κ3) is 5.59. The maximum absolute atomic E-state index is 13.4. The molecule has 0 saturated carbocycles. The van der Waals surface area contributed by atoms with Crippen LogP contribution in [-0.2, 0) is 37.9 Å². The highest BCUT2D eigenvalue weighted by Crippen LogP contribution is 2.40. The molecule has 0 aromatic carbocycles. The van der Waals surface area contributed by atoms with E-state index in [1.54, 1.807) is 13.8 Å². The maximum Gasteiger partial charge on any atom is 0.668 e. The van der Waals surface area contributed by atoms with Crippen molar-refractivity contribution in [1.29, 1.82) is 0 Å². The van der Waals surface area contributed by atoms with E-state index in [1.807, 2.05) is 0 Å². The van der Waals surface area contributed by atoms with Crippen molar-refractivity contribution in [3.05, 3.63) is 25.3 Å². The Morgan fingerprint density at radius 1 is 0.833 bits per heavy atom. The Morgan fingerprint density at radius 2 is 1.11 bits per heavy atom. The summed E-state index contributed by atoms with van der Waals surface area (Å²) in [6.07, 6.45) is 2.71. The van der Waals surface area contributed by atoms with Crippen molar-refractivity contribution >= 4 is 37.6 Å². The third-order valence-electron chi connectivity index (χ3n) is 5.93. The summed E-state index contributed by atoms with van der Waals surface area (Å²) in [5, 5.41) is 0. The van der Waals surface area contributed by atoms with Crippen molar-refractivity contribution in [3.8, 4) is 0 Å². The van der Waals surface area contributed by atoms with Gasteiger partial charge >= 0.3 is 26.0 Å². The summed E-state index contributed by atoms with van der Waals surface area (Å²) in [6.45, 7) is 12.4. The van der Waals surface area contributed by atoms with E-state index in [2.05, 4.69) is 31.8 Å². The summed E-state index contributed by atoms with van der Waals surface area (Å²) in [4.78, 5) is 33.2. The second kappa shape index (κ2) is 11.0. The molecule has 0 aliphatic carbocycles. The lowest BCUT2D eigenvalue weighted by Crippen LogP contribution is -2.52. The van der Waals surface area contributed by atoms with Gasteiger partial charge in [-0.15, -0.1) is 13.2 Å². The molecule has 0 amide bonds. The van der Waals surface area contributed by atoms with E-state index >= 15 is 0 Å². The first-order valence-electron chi connectivity index (χ1n) is 10.8. The summed E-state index contributed by atoms with van der Waals surface area (Å²) in [5.74, 6) is -3.33. The molecule has 0 aromatic rings. The van der Waals surface area contributed by atoms with E-state index < -0.39 is 48.8 Å². The Hall–Kier alpha value is -2.87. The number of hydrogen-bond acceptors (Lipinski definition) is 8. The number of carbonyl (C=O) groups excluding carboxylic acids is 2. The average Bonchev–Trinajstić information content (AvgIpc) is 3.28. The van der Waals surface area contributed by atoms with Crippen molar-refractivity contribution in [2.45, 2.75) is 38.9 Å². The number of carbonyl (C=O) groups is 2. The molecule has 4 atom stereocenters. The molecule has 2 fully saturated rings. The van der Waals surface area contributed by atoms with E-state index in [9.17, 15) is 26.9 Å². The van der Waals surface area contributed by atoms with Crippen LogP contribution in [0.1, 0.15) is 27.7 Å². The molecule has 2 heterocycles. The summed E-state index contributed by atoms with van der Waals surface area (Å²) in [6, 6.07) is 0. The zero-order valence-corrected chi connectivity index (χ0v) is 21.6. The normalized spacial score (nSPS) is 30.3. The summed E-state index contributed by atoms with van der Waals surface area (Å²) < 4.78 is 73.5. The molecule has 0 bridgehead atoms. The molecule has 36 heavy (non-hydrogen) atoms. The number of hydrogen-bond donors (Lipinski definition) is 0. The quantitative estimate of drug-likeness (QED) is 0.157. The standard InChI is InChI=1S/2C10H16BF2NO4/c2*1-6-7(2)10(8(3)15)9(14(4)16-5)17-11(12,13)18-10/h2*6-7H,1H2,2-5H3/b2*14-9+/t2*7-,10+/m10/s1. The first-order valence-corrected chi connectivity index (χ1v) is 10.8. The van der Waals surface area contributed by atoms with Crippen LogP contribution >= 0.6 is 0 Å². The van der Waals surface area contributed by atoms with E-state index in [1.165, 1.54) is 40.5 Å². The van der Waals surface area contributed by atoms with Crippen LogP contribution < -0.4 is 0 Å². The molecular formula is C20H32B2F4N2O8. The minimum atomic E-state index is -4.56. The van der Waals surface area contributed by atoms with E-state index in [4.69, 9.17) is 9.68 Å². The van der Waals surface area contributed by atoms with Gasteiger partial charge in [0, 0.05) is 21.3 Å². The van der Waals surface area contributed by atoms with Gasteiger partial charge in [0.15, 0.2) is 25.7 Å². The molecule has 10 nitrogen and oxygen atoms in total. The van der Waals surface area contributed by atoms with E-state index in [-0.39, 0.29) is 11.8 Å². The lowest BCUT2D eigenvalue weighted by molar-refractivity contribution is -0.766. The molecule has 0 N–H and O–H groups in total. The van der Waals surface area contributed by atoms with Crippen LogP contribution in [0.3, 0.4) is 0 Å². The average molecular weight is 526 g/mol. The number of rotatable bonds is 8. The first-order chi connectivity index (χ1) is 16.4. The minimum Gasteiger partial charge on any atom is -0.588 e. The third-order valence-corrected chi connectivity index (χ3v) is 5.93. The fraction of sp³-hybridized carbons (Fsp3) is 0.600. The van der Waals surface area contributed by atoms with Gasteiger partial charge in [0.05, 0.1) is 0 Å². The fourth-order valence-corrected chi connectivity index (χ4v) is 3.84. The number of ketones is 2. The predicted octanol–water partition coefficient (Wildman–Crippen LogP) is 2.32. The fourth-order valence-electron chi connectivity index (χ4n) is 3.84. The van der Waals surface area contributed by atoms with Gasteiger partial charge in [-0.05, 0) is 13.8 Å². The van der Waals surface area contributed by atoms with Gasteiger partial charge in [0.1, 0.15) is 14.2 Å². The molecule has 2 rings (SSSR count). The highest BCUT2D eigenvalue weighted by atomic mass is 19.3. The van der Waals surface area contributed by atoms with Gasteiger partial charge in [-0.3, -0.25) is 19.3 Å². The summed E-state index contributed by atoms with van der Waals surface area (Å²) >= 11 is 0. The van der Waals surface area contributed by atoms with E-state index in [0.717, 1.165) is 23.3 Å². The van der Waals surface area contributed by atoms with Crippen LogP contribution in [0, 0.1) is 11.8 Å². The van der Waals surface area contributed by atoms with Crippen LogP contribution in [0.15, 0.2) is 25.3 Å². The Morgan fingerprint density at radius 3 is 1.31 bits per heavy atom. The van der Waals surface area contributed by atoms with Crippen LogP contribution in [0.2, 0.25) is 0 Å². The van der Waals surface area contributed by atoms with Gasteiger partial charge < -0.3 is 35.9 Å². The molecule has 16 heteroatoms. The van der Waals surface area contributed by atoms with Crippen molar-refractivity contribution in [2.24, 2.45) is 11.8 Å². The lowest BCUT2D eigenvalue weighted by atomic mass is 9.84. The second-order valence-corrected chi connectivity index (χ2v) is 8.14. The molecular weight excluding hydrogens is 494 g/mol. The molecule has 0 unspecified atom stereocenters. The molecule has 0 spiro atoms. The number of halogens is 4. The van der Waals surface area contributed by atoms with Gasteiger partial charge in [-0.25, -0.2) is 0 Å².